The lowest BCUT2D eigenvalue weighted by atomic mass is 10.1. The molecule has 0 atom stereocenters. The maximum atomic E-state index is 11.9. The number of esters is 1. The van der Waals surface area contributed by atoms with E-state index in [2.05, 4.69) is 21.7 Å². The zero-order valence-corrected chi connectivity index (χ0v) is 24.3. The first-order valence-corrected chi connectivity index (χ1v) is 13.5. The Morgan fingerprint density at radius 3 is 1.76 bits per heavy atom. The van der Waals surface area contributed by atoms with Crippen LogP contribution in [0, 0.1) is 11.8 Å². The molecule has 0 bridgehead atoms. The van der Waals surface area contributed by atoms with Crippen LogP contribution in [0.25, 0.3) is 0 Å². The van der Waals surface area contributed by atoms with Crippen LogP contribution in [0.15, 0.2) is 36.4 Å². The minimum Gasteiger partial charge on any atom is -0.464 e. The van der Waals surface area contributed by atoms with E-state index in [0.717, 1.165) is 11.3 Å². The molecular weight excluding hydrogens is 532 g/mol. The van der Waals surface area contributed by atoms with E-state index in [0.29, 0.717) is 90.4 Å². The van der Waals surface area contributed by atoms with Gasteiger partial charge in [-0.1, -0.05) is 11.8 Å². The predicted octanol–water partition coefficient (Wildman–Crippen LogP) is 1.93. The van der Waals surface area contributed by atoms with Crippen LogP contribution in [-0.4, -0.2) is 117 Å². The third kappa shape index (κ3) is 14.4. The molecule has 2 aromatic rings. The number of ether oxygens (including phenoxy) is 7. The monoisotopic (exact) mass is 574 g/mol. The molecule has 0 saturated heterocycles. The fraction of sp³-hybridized carbons (Fsp3) is 0.533. The Kier molecular flexibility index (Phi) is 18.0. The van der Waals surface area contributed by atoms with E-state index in [4.69, 9.17) is 33.2 Å². The summed E-state index contributed by atoms with van der Waals surface area (Å²) < 4.78 is 37.1. The van der Waals surface area contributed by atoms with Crippen LogP contribution in [-0.2, 0) is 39.8 Å². The van der Waals surface area contributed by atoms with Gasteiger partial charge in [0.2, 0.25) is 0 Å². The van der Waals surface area contributed by atoms with E-state index in [1.807, 2.05) is 24.3 Å². The minimum absolute atomic E-state index is 0.0989. The maximum Gasteiger partial charge on any atom is 0.356 e. The van der Waals surface area contributed by atoms with Crippen molar-refractivity contribution in [3.8, 4) is 11.8 Å². The SMILES string of the molecule is COCCOCCOCCN(CCOCCOCCOC)c1ccc(C#Cc2cc(CO)nc(C(=O)OC)c2)cc1. The van der Waals surface area contributed by atoms with Crippen LogP contribution in [0.2, 0.25) is 0 Å². The average Bonchev–Trinajstić information content (AvgIpc) is 3.01. The van der Waals surface area contributed by atoms with E-state index in [1.165, 1.54) is 7.11 Å². The Hall–Kier alpha value is -3.08. The van der Waals surface area contributed by atoms with Crippen molar-refractivity contribution in [1.29, 1.82) is 0 Å². The summed E-state index contributed by atoms with van der Waals surface area (Å²) in [6.07, 6.45) is 0. The molecule has 1 heterocycles. The van der Waals surface area contributed by atoms with Crippen molar-refractivity contribution in [2.45, 2.75) is 6.61 Å². The van der Waals surface area contributed by atoms with Crippen LogP contribution in [0.4, 0.5) is 5.69 Å². The number of rotatable bonds is 21. The van der Waals surface area contributed by atoms with Gasteiger partial charge in [-0.2, -0.15) is 0 Å². The summed E-state index contributed by atoms with van der Waals surface area (Å²) in [5, 5.41) is 9.47. The van der Waals surface area contributed by atoms with Gasteiger partial charge in [0.25, 0.3) is 0 Å². The number of anilines is 1. The molecule has 0 saturated carbocycles. The smallest absolute Gasteiger partial charge is 0.356 e. The van der Waals surface area contributed by atoms with E-state index >= 15 is 0 Å². The van der Waals surface area contributed by atoms with Crippen molar-refractivity contribution >= 4 is 11.7 Å². The quantitative estimate of drug-likeness (QED) is 0.134. The molecule has 2 rings (SSSR count). The van der Waals surface area contributed by atoms with E-state index in [1.54, 1.807) is 26.4 Å². The second kappa shape index (κ2) is 21.6. The Balaban J connectivity index is 1.98. The third-order valence-electron chi connectivity index (χ3n) is 5.64. The fourth-order valence-corrected chi connectivity index (χ4v) is 3.50. The molecule has 0 aliphatic carbocycles. The molecule has 0 amide bonds. The highest BCUT2D eigenvalue weighted by molar-refractivity contribution is 5.87. The summed E-state index contributed by atoms with van der Waals surface area (Å²) in [4.78, 5) is 18.1. The van der Waals surface area contributed by atoms with E-state index < -0.39 is 5.97 Å². The largest absolute Gasteiger partial charge is 0.464 e. The van der Waals surface area contributed by atoms with Gasteiger partial charge in [0.1, 0.15) is 5.69 Å². The Morgan fingerprint density at radius 2 is 1.24 bits per heavy atom. The molecule has 1 aromatic carbocycles. The third-order valence-corrected chi connectivity index (χ3v) is 5.64. The number of hydrogen-bond acceptors (Lipinski definition) is 11. The Bertz CT molecular complexity index is 1030. The lowest BCUT2D eigenvalue weighted by Gasteiger charge is -2.25. The topological polar surface area (TPSA) is 118 Å². The first-order valence-electron chi connectivity index (χ1n) is 13.5. The lowest BCUT2D eigenvalue weighted by Crippen LogP contribution is -2.31. The van der Waals surface area contributed by atoms with Gasteiger partial charge < -0.3 is 43.2 Å². The second-order valence-corrected chi connectivity index (χ2v) is 8.60. The summed E-state index contributed by atoms with van der Waals surface area (Å²) in [7, 11) is 4.56. The highest BCUT2D eigenvalue weighted by Crippen LogP contribution is 2.15. The minimum atomic E-state index is -0.585. The van der Waals surface area contributed by atoms with Crippen LogP contribution in [0.1, 0.15) is 27.3 Å². The number of hydrogen-bond donors (Lipinski definition) is 1. The number of aromatic nitrogens is 1. The molecule has 0 fully saturated rings. The molecule has 0 unspecified atom stereocenters. The zero-order valence-electron chi connectivity index (χ0n) is 24.3. The number of benzene rings is 1. The van der Waals surface area contributed by atoms with E-state index in [9.17, 15) is 9.90 Å². The molecule has 0 spiro atoms. The number of carbonyl (C=O) groups excluding carboxylic acids is 1. The fourth-order valence-electron chi connectivity index (χ4n) is 3.50. The molecular formula is C30H42N2O9. The van der Waals surface area contributed by atoms with Crippen molar-refractivity contribution in [2.75, 3.05) is 105 Å². The maximum absolute atomic E-state index is 11.9. The molecule has 41 heavy (non-hydrogen) atoms. The first kappa shape index (κ1) is 34.1. The molecule has 1 aromatic heterocycles. The number of aliphatic hydroxyl groups is 1. The Morgan fingerprint density at radius 1 is 0.732 bits per heavy atom. The summed E-state index contributed by atoms with van der Waals surface area (Å²) in [5.41, 5.74) is 2.80. The van der Waals surface area contributed by atoms with Gasteiger partial charge in [0, 0.05) is 44.1 Å². The average molecular weight is 575 g/mol. The molecule has 226 valence electrons. The molecule has 1 N–H and O–H groups in total. The first-order chi connectivity index (χ1) is 20.1. The normalized spacial score (nSPS) is 10.7. The summed E-state index contributed by atoms with van der Waals surface area (Å²) in [6.45, 7) is 6.37. The van der Waals surface area contributed by atoms with Crippen molar-refractivity contribution in [3.05, 3.63) is 58.9 Å². The van der Waals surface area contributed by atoms with Crippen molar-refractivity contribution in [3.63, 3.8) is 0 Å². The number of carbonyl (C=O) groups is 1. The number of pyridine rings is 1. The molecule has 11 heteroatoms. The van der Waals surface area contributed by atoms with Gasteiger partial charge in [0.05, 0.1) is 85.5 Å². The van der Waals surface area contributed by atoms with Gasteiger partial charge in [0.15, 0.2) is 0 Å². The molecule has 0 radical (unpaired) electrons. The zero-order chi connectivity index (χ0) is 29.5. The van der Waals surface area contributed by atoms with Crippen LogP contribution in [0.3, 0.4) is 0 Å². The van der Waals surface area contributed by atoms with Crippen molar-refractivity contribution in [1.82, 2.24) is 4.98 Å². The van der Waals surface area contributed by atoms with Crippen molar-refractivity contribution in [2.24, 2.45) is 0 Å². The van der Waals surface area contributed by atoms with Crippen molar-refractivity contribution < 1.29 is 43.1 Å². The van der Waals surface area contributed by atoms with Crippen LogP contribution >= 0.6 is 0 Å². The van der Waals surface area contributed by atoms with Gasteiger partial charge in [-0.25, -0.2) is 9.78 Å². The highest BCUT2D eigenvalue weighted by Gasteiger charge is 2.10. The molecule has 11 nitrogen and oxygen atoms in total. The van der Waals surface area contributed by atoms with Gasteiger partial charge in [-0.05, 0) is 36.4 Å². The number of methoxy groups -OCH3 is 3. The van der Waals surface area contributed by atoms with Crippen LogP contribution in [0.5, 0.6) is 0 Å². The lowest BCUT2D eigenvalue weighted by molar-refractivity contribution is 0.0235. The summed E-state index contributed by atoms with van der Waals surface area (Å²) in [6, 6.07) is 11.0. The number of nitrogens with zero attached hydrogens (tertiary/aromatic N) is 2. The Labute approximate surface area is 242 Å². The van der Waals surface area contributed by atoms with Gasteiger partial charge in [-0.3, -0.25) is 0 Å². The predicted molar refractivity (Wildman–Crippen MR) is 153 cm³/mol. The standard InChI is InChI=1S/C30H42N2O9/c1-35-14-16-40-20-18-38-12-10-32(11-13-39-19-21-41-17-15-36-2)28-8-6-25(7-9-28)4-5-26-22-27(24-33)31-29(23-26)30(34)37-3/h6-9,22-23,33H,10-21,24H2,1-3H3. The molecule has 0 aliphatic heterocycles. The summed E-state index contributed by atoms with van der Waals surface area (Å²) >= 11 is 0. The molecule has 0 aliphatic rings. The summed E-state index contributed by atoms with van der Waals surface area (Å²) in [5.74, 6) is 5.55. The van der Waals surface area contributed by atoms with Gasteiger partial charge >= 0.3 is 5.97 Å². The van der Waals surface area contributed by atoms with Gasteiger partial charge in [-0.15, -0.1) is 0 Å². The van der Waals surface area contributed by atoms with Crippen LogP contribution < -0.4 is 4.90 Å². The second-order valence-electron chi connectivity index (χ2n) is 8.60. The number of aliphatic hydroxyl groups excluding tert-OH is 1. The van der Waals surface area contributed by atoms with E-state index in [-0.39, 0.29) is 12.3 Å². The highest BCUT2D eigenvalue weighted by atomic mass is 16.5.